The van der Waals surface area contributed by atoms with Crippen LogP contribution in [-0.4, -0.2) is 31.1 Å². The van der Waals surface area contributed by atoms with Gasteiger partial charge < -0.3 is 9.47 Å². The second kappa shape index (κ2) is 4.70. The number of ether oxygens (including phenoxy) is 2. The zero-order chi connectivity index (χ0) is 11.5. The molecule has 2 rings (SSSR count). The van der Waals surface area contributed by atoms with Gasteiger partial charge >= 0.3 is 0 Å². The predicted octanol–water partition coefficient (Wildman–Crippen LogP) is 1.57. The zero-order valence-corrected chi connectivity index (χ0v) is 9.92. The fourth-order valence-electron chi connectivity index (χ4n) is 2.54. The topological polar surface area (TPSA) is 54.3 Å². The quantitative estimate of drug-likeness (QED) is 0.790. The van der Waals surface area contributed by atoms with E-state index in [0.717, 1.165) is 38.6 Å². The molecule has 1 heterocycles. The van der Waals surface area contributed by atoms with Gasteiger partial charge in [-0.2, -0.15) is 5.26 Å². The number of nitrogens with one attached hydrogen (secondary N) is 1. The lowest BCUT2D eigenvalue weighted by Crippen LogP contribution is -2.51. The summed E-state index contributed by atoms with van der Waals surface area (Å²) < 4.78 is 11.3. The van der Waals surface area contributed by atoms with Gasteiger partial charge in [0.05, 0.1) is 19.3 Å². The van der Waals surface area contributed by atoms with Crippen molar-refractivity contribution in [3.05, 3.63) is 0 Å². The van der Waals surface area contributed by atoms with E-state index < -0.39 is 0 Å². The average molecular weight is 224 g/mol. The maximum Gasteiger partial charge on any atom is 0.168 e. The molecule has 0 radical (unpaired) electrons. The Balaban J connectivity index is 1.93. The third-order valence-corrected chi connectivity index (χ3v) is 3.61. The molecular weight excluding hydrogens is 204 g/mol. The smallest absolute Gasteiger partial charge is 0.168 e. The van der Waals surface area contributed by atoms with Crippen LogP contribution in [0.2, 0.25) is 0 Å². The molecule has 0 atom stereocenters. The van der Waals surface area contributed by atoms with Gasteiger partial charge in [-0.3, -0.25) is 5.32 Å². The molecule has 2 fully saturated rings. The van der Waals surface area contributed by atoms with Gasteiger partial charge in [0.15, 0.2) is 5.79 Å². The number of rotatable bonds is 3. The molecule has 1 spiro atoms. The lowest BCUT2D eigenvalue weighted by Gasteiger charge is -2.40. The number of hydrogen-bond acceptors (Lipinski definition) is 4. The first-order valence-electron chi connectivity index (χ1n) is 6.18. The molecule has 1 aliphatic carbocycles. The van der Waals surface area contributed by atoms with Crippen molar-refractivity contribution in [3.63, 3.8) is 0 Å². The second-order valence-electron chi connectivity index (χ2n) is 4.73. The standard InChI is InChI=1S/C12H20N2O2/c1-2-7-14-11(10-13)3-5-12(6-4-11)15-8-9-16-12/h14H,2-9H2,1H3. The minimum atomic E-state index is -0.367. The van der Waals surface area contributed by atoms with E-state index in [-0.39, 0.29) is 11.3 Å². The van der Waals surface area contributed by atoms with Gasteiger partial charge in [0, 0.05) is 12.8 Å². The van der Waals surface area contributed by atoms with Crippen LogP contribution in [-0.2, 0) is 9.47 Å². The van der Waals surface area contributed by atoms with Crippen molar-refractivity contribution in [2.75, 3.05) is 19.8 Å². The van der Waals surface area contributed by atoms with Crippen molar-refractivity contribution in [2.45, 2.75) is 50.4 Å². The van der Waals surface area contributed by atoms with E-state index in [1.807, 2.05) is 0 Å². The molecule has 0 aromatic heterocycles. The lowest BCUT2D eigenvalue weighted by atomic mass is 9.79. The van der Waals surface area contributed by atoms with Gasteiger partial charge in [-0.1, -0.05) is 6.92 Å². The first kappa shape index (κ1) is 11.8. The van der Waals surface area contributed by atoms with Gasteiger partial charge in [-0.25, -0.2) is 0 Å². The summed E-state index contributed by atoms with van der Waals surface area (Å²) in [6.45, 7) is 4.41. The summed E-state index contributed by atoms with van der Waals surface area (Å²) in [6.07, 6.45) is 4.36. The number of nitriles is 1. The summed E-state index contributed by atoms with van der Waals surface area (Å²) in [5.41, 5.74) is -0.351. The van der Waals surface area contributed by atoms with Crippen molar-refractivity contribution >= 4 is 0 Å². The monoisotopic (exact) mass is 224 g/mol. The minimum Gasteiger partial charge on any atom is -0.348 e. The molecule has 0 aromatic rings. The van der Waals surface area contributed by atoms with Crippen LogP contribution < -0.4 is 5.32 Å². The van der Waals surface area contributed by atoms with E-state index in [0.29, 0.717) is 13.2 Å². The maximum atomic E-state index is 9.31. The Hall–Kier alpha value is -0.630. The zero-order valence-electron chi connectivity index (χ0n) is 9.92. The summed E-state index contributed by atoms with van der Waals surface area (Å²) >= 11 is 0. The summed E-state index contributed by atoms with van der Waals surface area (Å²) in [5, 5.41) is 12.7. The van der Waals surface area contributed by atoms with Crippen LogP contribution >= 0.6 is 0 Å². The molecule has 16 heavy (non-hydrogen) atoms. The summed E-state index contributed by atoms with van der Waals surface area (Å²) in [4.78, 5) is 0. The Labute approximate surface area is 96.9 Å². The third-order valence-electron chi connectivity index (χ3n) is 3.61. The highest BCUT2D eigenvalue weighted by molar-refractivity contribution is 5.10. The van der Waals surface area contributed by atoms with E-state index in [9.17, 15) is 5.26 Å². The Morgan fingerprint density at radius 3 is 2.31 bits per heavy atom. The first-order chi connectivity index (χ1) is 7.74. The first-order valence-corrected chi connectivity index (χ1v) is 6.18. The van der Waals surface area contributed by atoms with Crippen LogP contribution in [0.4, 0.5) is 0 Å². The molecule has 0 aromatic carbocycles. The molecule has 2 aliphatic rings. The van der Waals surface area contributed by atoms with Crippen molar-refractivity contribution in [1.82, 2.24) is 5.32 Å². The average Bonchev–Trinajstić information content (AvgIpc) is 2.78. The van der Waals surface area contributed by atoms with E-state index in [4.69, 9.17) is 9.47 Å². The highest BCUT2D eigenvalue weighted by Gasteiger charge is 2.46. The predicted molar refractivity (Wildman–Crippen MR) is 59.7 cm³/mol. The molecule has 0 unspecified atom stereocenters. The minimum absolute atomic E-state index is 0.351. The van der Waals surface area contributed by atoms with Crippen LogP contribution in [0.5, 0.6) is 0 Å². The fourth-order valence-corrected chi connectivity index (χ4v) is 2.54. The van der Waals surface area contributed by atoms with Crippen LogP contribution in [0.15, 0.2) is 0 Å². The fraction of sp³-hybridized carbons (Fsp3) is 0.917. The van der Waals surface area contributed by atoms with Crippen LogP contribution in [0.3, 0.4) is 0 Å². The van der Waals surface area contributed by atoms with Gasteiger partial charge in [-0.05, 0) is 25.8 Å². The van der Waals surface area contributed by atoms with Crippen LogP contribution in [0.25, 0.3) is 0 Å². The maximum absolute atomic E-state index is 9.31. The Morgan fingerprint density at radius 2 is 1.81 bits per heavy atom. The van der Waals surface area contributed by atoms with E-state index in [1.165, 1.54) is 0 Å². The molecule has 0 amide bonds. The van der Waals surface area contributed by atoms with E-state index in [2.05, 4.69) is 18.3 Å². The summed E-state index contributed by atoms with van der Waals surface area (Å²) in [6, 6.07) is 2.44. The molecule has 0 bridgehead atoms. The molecule has 1 saturated carbocycles. The molecule has 1 aliphatic heterocycles. The third kappa shape index (κ3) is 2.22. The van der Waals surface area contributed by atoms with E-state index >= 15 is 0 Å². The van der Waals surface area contributed by atoms with Gasteiger partial charge in [0.25, 0.3) is 0 Å². The SMILES string of the molecule is CCCNC1(C#N)CCC2(CC1)OCCO2. The Bertz CT molecular complexity index is 269. The molecule has 1 saturated heterocycles. The van der Waals surface area contributed by atoms with Gasteiger partial charge in [0.1, 0.15) is 5.54 Å². The van der Waals surface area contributed by atoms with Crippen molar-refractivity contribution in [3.8, 4) is 6.07 Å². The second-order valence-corrected chi connectivity index (χ2v) is 4.73. The Morgan fingerprint density at radius 1 is 1.19 bits per heavy atom. The number of nitrogens with zero attached hydrogens (tertiary/aromatic N) is 1. The molecule has 4 heteroatoms. The van der Waals surface area contributed by atoms with E-state index in [1.54, 1.807) is 0 Å². The summed E-state index contributed by atoms with van der Waals surface area (Å²) in [7, 11) is 0. The van der Waals surface area contributed by atoms with Crippen LogP contribution in [0.1, 0.15) is 39.0 Å². The normalized spacial score (nSPS) is 26.8. The van der Waals surface area contributed by atoms with Crippen molar-refractivity contribution in [2.24, 2.45) is 0 Å². The highest BCUT2D eigenvalue weighted by atomic mass is 16.7. The van der Waals surface area contributed by atoms with Gasteiger partial charge in [-0.15, -0.1) is 0 Å². The molecule has 90 valence electrons. The van der Waals surface area contributed by atoms with Crippen molar-refractivity contribution in [1.29, 1.82) is 5.26 Å². The Kier molecular flexibility index (Phi) is 3.48. The highest BCUT2D eigenvalue weighted by Crippen LogP contribution is 2.39. The summed E-state index contributed by atoms with van der Waals surface area (Å²) in [5.74, 6) is -0.367. The largest absolute Gasteiger partial charge is 0.348 e. The molecule has 4 nitrogen and oxygen atoms in total. The van der Waals surface area contributed by atoms with Crippen molar-refractivity contribution < 1.29 is 9.47 Å². The van der Waals surface area contributed by atoms with Crippen LogP contribution in [0, 0.1) is 11.3 Å². The number of hydrogen-bond donors (Lipinski definition) is 1. The lowest BCUT2D eigenvalue weighted by molar-refractivity contribution is -0.183. The van der Waals surface area contributed by atoms with Gasteiger partial charge in [0.2, 0.25) is 0 Å². The molecule has 1 N–H and O–H groups in total. The molecular formula is C12H20N2O2.